The van der Waals surface area contributed by atoms with Crippen molar-refractivity contribution in [3.05, 3.63) is 56.2 Å². The molecule has 2 aromatic rings. The van der Waals surface area contributed by atoms with Gasteiger partial charge in [-0.2, -0.15) is 0 Å². The predicted octanol–water partition coefficient (Wildman–Crippen LogP) is 4.21. The summed E-state index contributed by atoms with van der Waals surface area (Å²) in [5, 5.41) is 5.81. The third-order valence-electron chi connectivity index (χ3n) is 3.71. The number of rotatable bonds is 3. The zero-order valence-corrected chi connectivity index (χ0v) is 12.7. The highest BCUT2D eigenvalue weighted by atomic mass is 35.5. The van der Waals surface area contributed by atoms with Gasteiger partial charge in [-0.05, 0) is 53.8 Å². The van der Waals surface area contributed by atoms with Crippen LogP contribution in [0.3, 0.4) is 0 Å². The minimum Gasteiger partial charge on any atom is -0.347 e. The van der Waals surface area contributed by atoms with Gasteiger partial charge in [-0.1, -0.05) is 29.8 Å². The molecule has 1 aliphatic rings. The average Bonchev–Trinajstić information content (AvgIpc) is 2.90. The average molecular weight is 306 g/mol. The molecular weight excluding hydrogens is 290 g/mol. The highest BCUT2D eigenvalue weighted by Gasteiger charge is 2.20. The first kappa shape index (κ1) is 13.7. The van der Waals surface area contributed by atoms with Crippen LogP contribution in [-0.2, 0) is 19.4 Å². The van der Waals surface area contributed by atoms with E-state index >= 15 is 0 Å². The number of fused-ring (bicyclic) bond motifs is 1. The van der Waals surface area contributed by atoms with Crippen molar-refractivity contribution in [2.75, 3.05) is 0 Å². The number of aryl methyl sites for hydroxylation is 1. The second-order valence-electron chi connectivity index (χ2n) is 5.05. The molecule has 0 saturated carbocycles. The van der Waals surface area contributed by atoms with Gasteiger partial charge >= 0.3 is 0 Å². The zero-order chi connectivity index (χ0) is 13.9. The highest BCUT2D eigenvalue weighted by molar-refractivity contribution is 7.12. The zero-order valence-electron chi connectivity index (χ0n) is 11.1. The molecule has 1 N–H and O–H groups in total. The van der Waals surface area contributed by atoms with Crippen LogP contribution in [0.5, 0.6) is 0 Å². The standard InChI is InChI=1S/C16H16ClNOS/c17-14-8-4-2-5-11(14)9-18-16(19)15-13-7-3-1-6-12(13)10-20-15/h2,4-5,8,10H,1,3,6-7,9H2,(H,18,19). The van der Waals surface area contributed by atoms with Crippen molar-refractivity contribution in [1.29, 1.82) is 0 Å². The predicted molar refractivity (Wildman–Crippen MR) is 83.6 cm³/mol. The van der Waals surface area contributed by atoms with Gasteiger partial charge in [-0.15, -0.1) is 11.3 Å². The fourth-order valence-electron chi connectivity index (χ4n) is 2.61. The molecule has 0 aliphatic heterocycles. The molecule has 20 heavy (non-hydrogen) atoms. The van der Waals surface area contributed by atoms with E-state index in [4.69, 9.17) is 11.6 Å². The van der Waals surface area contributed by atoms with Crippen LogP contribution in [-0.4, -0.2) is 5.91 Å². The van der Waals surface area contributed by atoms with Gasteiger partial charge in [0.05, 0.1) is 4.88 Å². The monoisotopic (exact) mass is 305 g/mol. The highest BCUT2D eigenvalue weighted by Crippen LogP contribution is 2.29. The van der Waals surface area contributed by atoms with Crippen LogP contribution in [0.25, 0.3) is 0 Å². The van der Waals surface area contributed by atoms with Crippen molar-refractivity contribution >= 4 is 28.8 Å². The SMILES string of the molecule is O=C(NCc1ccccc1Cl)c1scc2c1CCCC2. The molecule has 1 aromatic carbocycles. The molecule has 0 saturated heterocycles. The summed E-state index contributed by atoms with van der Waals surface area (Å²) in [6.45, 7) is 0.477. The lowest BCUT2D eigenvalue weighted by molar-refractivity contribution is 0.0954. The lowest BCUT2D eigenvalue weighted by Gasteiger charge is -2.13. The van der Waals surface area contributed by atoms with Crippen molar-refractivity contribution in [3.63, 3.8) is 0 Å². The second kappa shape index (κ2) is 5.98. The quantitative estimate of drug-likeness (QED) is 0.904. The summed E-state index contributed by atoms with van der Waals surface area (Å²) in [6.07, 6.45) is 4.58. The minimum atomic E-state index is 0.0260. The number of hydrogen-bond acceptors (Lipinski definition) is 2. The molecule has 1 heterocycles. The fraction of sp³-hybridized carbons (Fsp3) is 0.312. The third kappa shape index (κ3) is 2.74. The Morgan fingerprint density at radius 3 is 2.90 bits per heavy atom. The molecule has 0 bridgehead atoms. The number of amides is 1. The fourth-order valence-corrected chi connectivity index (χ4v) is 3.88. The van der Waals surface area contributed by atoms with Crippen molar-refractivity contribution < 1.29 is 4.79 Å². The van der Waals surface area contributed by atoms with E-state index in [-0.39, 0.29) is 5.91 Å². The lowest BCUT2D eigenvalue weighted by atomic mass is 9.94. The molecule has 0 atom stereocenters. The van der Waals surface area contributed by atoms with E-state index in [1.807, 2.05) is 24.3 Å². The van der Waals surface area contributed by atoms with Gasteiger partial charge < -0.3 is 5.32 Å². The van der Waals surface area contributed by atoms with Crippen LogP contribution in [0, 0.1) is 0 Å². The van der Waals surface area contributed by atoms with Gasteiger partial charge in [0.1, 0.15) is 0 Å². The molecule has 1 aromatic heterocycles. The summed E-state index contributed by atoms with van der Waals surface area (Å²) in [5.74, 6) is 0.0260. The van der Waals surface area contributed by atoms with Gasteiger partial charge in [-0.25, -0.2) is 0 Å². The normalized spacial score (nSPS) is 13.8. The van der Waals surface area contributed by atoms with Gasteiger partial charge in [0.2, 0.25) is 0 Å². The Balaban J connectivity index is 1.71. The Bertz CT molecular complexity index is 635. The van der Waals surface area contributed by atoms with Crippen LogP contribution in [0.1, 0.15) is 39.2 Å². The van der Waals surface area contributed by atoms with E-state index in [2.05, 4.69) is 10.7 Å². The summed E-state index contributed by atoms with van der Waals surface area (Å²) >= 11 is 7.67. The summed E-state index contributed by atoms with van der Waals surface area (Å²) in [6, 6.07) is 7.60. The largest absolute Gasteiger partial charge is 0.347 e. The summed E-state index contributed by atoms with van der Waals surface area (Å²) in [4.78, 5) is 13.2. The first-order valence-electron chi connectivity index (χ1n) is 6.86. The van der Waals surface area contributed by atoms with Crippen molar-refractivity contribution in [2.45, 2.75) is 32.2 Å². The molecule has 0 spiro atoms. The van der Waals surface area contributed by atoms with Crippen LogP contribution >= 0.6 is 22.9 Å². The molecular formula is C16H16ClNOS. The van der Waals surface area contributed by atoms with Crippen LogP contribution in [0.2, 0.25) is 5.02 Å². The van der Waals surface area contributed by atoms with E-state index in [1.54, 1.807) is 11.3 Å². The Morgan fingerprint density at radius 2 is 2.05 bits per heavy atom. The van der Waals surface area contributed by atoms with E-state index in [0.717, 1.165) is 23.3 Å². The number of hydrogen-bond donors (Lipinski definition) is 1. The number of nitrogens with one attached hydrogen (secondary N) is 1. The van der Waals surface area contributed by atoms with Crippen LogP contribution < -0.4 is 5.32 Å². The van der Waals surface area contributed by atoms with E-state index in [0.29, 0.717) is 11.6 Å². The summed E-state index contributed by atoms with van der Waals surface area (Å²) in [7, 11) is 0. The number of benzene rings is 1. The number of carbonyl (C=O) groups excluding carboxylic acids is 1. The Kier molecular flexibility index (Phi) is 4.08. The van der Waals surface area contributed by atoms with Crippen molar-refractivity contribution in [1.82, 2.24) is 5.32 Å². The molecule has 1 aliphatic carbocycles. The molecule has 0 unspecified atom stereocenters. The Labute approximate surface area is 127 Å². The Hall–Kier alpha value is -1.32. The minimum absolute atomic E-state index is 0.0260. The number of thiophene rings is 1. The third-order valence-corrected chi connectivity index (χ3v) is 5.15. The van der Waals surface area contributed by atoms with Gasteiger partial charge in [0.15, 0.2) is 0 Å². The molecule has 4 heteroatoms. The van der Waals surface area contributed by atoms with Crippen molar-refractivity contribution in [2.24, 2.45) is 0 Å². The maximum Gasteiger partial charge on any atom is 0.261 e. The maximum atomic E-state index is 12.3. The summed E-state index contributed by atoms with van der Waals surface area (Å²) < 4.78 is 0. The lowest BCUT2D eigenvalue weighted by Crippen LogP contribution is -2.23. The summed E-state index contributed by atoms with van der Waals surface area (Å²) in [5.41, 5.74) is 3.58. The second-order valence-corrected chi connectivity index (χ2v) is 6.34. The van der Waals surface area contributed by atoms with E-state index < -0.39 is 0 Å². The van der Waals surface area contributed by atoms with Gasteiger partial charge in [0.25, 0.3) is 5.91 Å². The number of carbonyl (C=O) groups is 1. The van der Waals surface area contributed by atoms with Crippen molar-refractivity contribution in [3.8, 4) is 0 Å². The first-order chi connectivity index (χ1) is 9.75. The van der Waals surface area contributed by atoms with Gasteiger partial charge in [0, 0.05) is 11.6 Å². The smallest absolute Gasteiger partial charge is 0.261 e. The number of halogens is 1. The molecule has 0 radical (unpaired) electrons. The Morgan fingerprint density at radius 1 is 1.25 bits per heavy atom. The van der Waals surface area contributed by atoms with E-state index in [1.165, 1.54) is 24.0 Å². The van der Waals surface area contributed by atoms with Gasteiger partial charge in [-0.3, -0.25) is 4.79 Å². The molecule has 0 fully saturated rings. The van der Waals surface area contributed by atoms with E-state index in [9.17, 15) is 4.79 Å². The van der Waals surface area contributed by atoms with Crippen LogP contribution in [0.4, 0.5) is 0 Å². The maximum absolute atomic E-state index is 12.3. The molecule has 3 rings (SSSR count). The molecule has 2 nitrogen and oxygen atoms in total. The molecule has 104 valence electrons. The molecule has 1 amide bonds. The van der Waals surface area contributed by atoms with Crippen LogP contribution in [0.15, 0.2) is 29.6 Å². The first-order valence-corrected chi connectivity index (χ1v) is 8.12. The topological polar surface area (TPSA) is 29.1 Å².